The number of nitrogens with zero attached hydrogens (tertiary/aromatic N) is 2. The van der Waals surface area contributed by atoms with E-state index in [-0.39, 0.29) is 11.3 Å². The van der Waals surface area contributed by atoms with Gasteiger partial charge in [-0.15, -0.1) is 0 Å². The molecule has 0 atom stereocenters. The standard InChI is InChI=1S/C28H26F3N5O3/c1-16-2-3-21(14-24(16)35-27(39)19-10-17-4-7-32-25(17)33-15-19)34-26(38)18-11-20(28(29,30)31)13-22(12-18)36-8-5-23(37)6-9-36/h2-4,7,10-15,23,37H,5-6,8-9H2,1H3,(H,32,33)(H,34,38)(H,35,39). The number of fused-ring (bicyclic) bond motifs is 1. The van der Waals surface area contributed by atoms with E-state index in [0.29, 0.717) is 48.5 Å². The molecule has 1 aliphatic heterocycles. The van der Waals surface area contributed by atoms with Crippen molar-refractivity contribution in [2.45, 2.75) is 32.0 Å². The minimum absolute atomic E-state index is 0.150. The van der Waals surface area contributed by atoms with Crippen molar-refractivity contribution in [2.75, 3.05) is 28.6 Å². The Labute approximate surface area is 221 Å². The second-order valence-corrected chi connectivity index (χ2v) is 9.56. The van der Waals surface area contributed by atoms with Crippen LogP contribution < -0.4 is 15.5 Å². The van der Waals surface area contributed by atoms with Crippen molar-refractivity contribution in [1.82, 2.24) is 9.97 Å². The number of carbonyl (C=O) groups excluding carboxylic acids is 2. The first-order valence-corrected chi connectivity index (χ1v) is 12.4. The Bertz CT molecular complexity index is 1540. The van der Waals surface area contributed by atoms with Crippen molar-refractivity contribution in [3.63, 3.8) is 0 Å². The Kier molecular flexibility index (Phi) is 7.00. The van der Waals surface area contributed by atoms with E-state index in [0.717, 1.165) is 23.1 Å². The third-order valence-corrected chi connectivity index (χ3v) is 6.74. The number of alkyl halides is 3. The molecule has 8 nitrogen and oxygen atoms in total. The lowest BCUT2D eigenvalue weighted by Gasteiger charge is -2.32. The molecular formula is C28H26F3N5O3. The van der Waals surface area contributed by atoms with Crippen molar-refractivity contribution < 1.29 is 27.9 Å². The number of aliphatic hydroxyl groups excluding tert-OH is 1. The Balaban J connectivity index is 1.36. The van der Waals surface area contributed by atoms with Crippen molar-refractivity contribution in [3.8, 4) is 0 Å². The average Bonchev–Trinajstić information content (AvgIpc) is 3.38. The molecule has 2 amide bonds. The number of benzene rings is 2. The molecule has 11 heteroatoms. The molecule has 2 aromatic carbocycles. The number of anilines is 3. The van der Waals surface area contributed by atoms with Gasteiger partial charge in [0.1, 0.15) is 5.65 Å². The van der Waals surface area contributed by atoms with E-state index in [4.69, 9.17) is 0 Å². The van der Waals surface area contributed by atoms with Crippen LogP contribution in [0.4, 0.5) is 30.2 Å². The lowest BCUT2D eigenvalue weighted by molar-refractivity contribution is -0.137. The summed E-state index contributed by atoms with van der Waals surface area (Å²) in [5, 5.41) is 16.0. The molecule has 0 aliphatic carbocycles. The zero-order valence-electron chi connectivity index (χ0n) is 21.0. The van der Waals surface area contributed by atoms with E-state index in [2.05, 4.69) is 20.6 Å². The van der Waals surface area contributed by atoms with Gasteiger partial charge in [-0.25, -0.2) is 4.98 Å². The van der Waals surface area contributed by atoms with Crippen molar-refractivity contribution in [1.29, 1.82) is 0 Å². The number of aliphatic hydroxyl groups is 1. The van der Waals surface area contributed by atoms with E-state index >= 15 is 0 Å². The summed E-state index contributed by atoms with van der Waals surface area (Å²) in [7, 11) is 0. The van der Waals surface area contributed by atoms with Crippen LogP contribution in [0.25, 0.3) is 11.0 Å². The third-order valence-electron chi connectivity index (χ3n) is 6.74. The van der Waals surface area contributed by atoms with Gasteiger partial charge >= 0.3 is 6.18 Å². The Hall–Kier alpha value is -4.38. The Morgan fingerprint density at radius 2 is 1.74 bits per heavy atom. The maximum absolute atomic E-state index is 13.7. The summed E-state index contributed by atoms with van der Waals surface area (Å²) in [6.45, 7) is 2.55. The average molecular weight is 538 g/mol. The van der Waals surface area contributed by atoms with Crippen LogP contribution in [0.1, 0.15) is 44.7 Å². The molecule has 0 saturated carbocycles. The minimum Gasteiger partial charge on any atom is -0.393 e. The summed E-state index contributed by atoms with van der Waals surface area (Å²) in [5.74, 6) is -1.12. The lowest BCUT2D eigenvalue weighted by Crippen LogP contribution is -2.36. The van der Waals surface area contributed by atoms with Gasteiger partial charge in [0.15, 0.2) is 0 Å². The molecule has 0 radical (unpaired) electrons. The van der Waals surface area contributed by atoms with Gasteiger partial charge in [0.2, 0.25) is 0 Å². The number of rotatable bonds is 5. The first-order chi connectivity index (χ1) is 18.6. The summed E-state index contributed by atoms with van der Waals surface area (Å²) in [4.78, 5) is 34.8. The van der Waals surface area contributed by atoms with Crippen molar-refractivity contribution >= 4 is 39.9 Å². The number of aryl methyl sites for hydroxylation is 1. The van der Waals surface area contributed by atoms with Gasteiger partial charge in [-0.2, -0.15) is 13.2 Å². The van der Waals surface area contributed by atoms with Crippen molar-refractivity contribution in [3.05, 3.63) is 83.2 Å². The molecule has 0 bridgehead atoms. The normalized spacial score (nSPS) is 14.4. The number of halogens is 3. The highest BCUT2D eigenvalue weighted by Crippen LogP contribution is 2.34. The van der Waals surface area contributed by atoms with Crippen LogP contribution in [0, 0.1) is 6.92 Å². The molecule has 0 spiro atoms. The maximum Gasteiger partial charge on any atom is 0.416 e. The lowest BCUT2D eigenvalue weighted by atomic mass is 10.0. The predicted octanol–water partition coefficient (Wildman–Crippen LogP) is 5.36. The van der Waals surface area contributed by atoms with E-state index in [1.165, 1.54) is 12.3 Å². The van der Waals surface area contributed by atoms with E-state index in [1.807, 2.05) is 0 Å². The van der Waals surface area contributed by atoms with Gasteiger partial charge in [-0.1, -0.05) is 6.07 Å². The van der Waals surface area contributed by atoms with Gasteiger partial charge in [0, 0.05) is 53.5 Å². The third kappa shape index (κ3) is 5.88. The van der Waals surface area contributed by atoms with E-state index in [9.17, 15) is 27.9 Å². The predicted molar refractivity (Wildman–Crippen MR) is 142 cm³/mol. The number of hydrogen-bond donors (Lipinski definition) is 4. The minimum atomic E-state index is -4.64. The second-order valence-electron chi connectivity index (χ2n) is 9.56. The molecule has 4 aromatic rings. The monoisotopic (exact) mass is 537 g/mol. The molecule has 1 fully saturated rings. The Morgan fingerprint density at radius 3 is 2.49 bits per heavy atom. The zero-order chi connectivity index (χ0) is 27.7. The molecule has 1 aliphatic rings. The van der Waals surface area contributed by atoms with E-state index in [1.54, 1.807) is 48.4 Å². The van der Waals surface area contributed by atoms with Crippen LogP contribution in [-0.4, -0.2) is 46.1 Å². The number of amides is 2. The zero-order valence-corrected chi connectivity index (χ0v) is 21.0. The molecule has 1 saturated heterocycles. The molecule has 5 rings (SSSR count). The quantitative estimate of drug-likeness (QED) is 0.274. The topological polar surface area (TPSA) is 110 Å². The summed E-state index contributed by atoms with van der Waals surface area (Å²) in [5.41, 5.74) is 1.66. The van der Waals surface area contributed by atoms with Gasteiger partial charge in [-0.3, -0.25) is 9.59 Å². The number of hydrogen-bond acceptors (Lipinski definition) is 5. The number of piperidine rings is 1. The summed E-state index contributed by atoms with van der Waals surface area (Å²) >= 11 is 0. The van der Waals surface area contributed by atoms with Crippen LogP contribution >= 0.6 is 0 Å². The first kappa shape index (κ1) is 26.2. The fourth-order valence-electron chi connectivity index (χ4n) is 4.51. The number of aromatic nitrogens is 2. The number of pyridine rings is 1. The first-order valence-electron chi connectivity index (χ1n) is 12.4. The highest BCUT2D eigenvalue weighted by Gasteiger charge is 2.33. The van der Waals surface area contributed by atoms with Gasteiger partial charge in [0.05, 0.1) is 17.2 Å². The van der Waals surface area contributed by atoms with Crippen LogP contribution in [0.2, 0.25) is 0 Å². The van der Waals surface area contributed by atoms with Gasteiger partial charge in [0.25, 0.3) is 11.8 Å². The Morgan fingerprint density at radius 1 is 1.00 bits per heavy atom. The highest BCUT2D eigenvalue weighted by molar-refractivity contribution is 6.07. The summed E-state index contributed by atoms with van der Waals surface area (Å²) in [6.07, 6.45) is -1.09. The summed E-state index contributed by atoms with van der Waals surface area (Å²) < 4.78 is 41.0. The second kappa shape index (κ2) is 10.4. The maximum atomic E-state index is 13.7. The molecule has 2 aromatic heterocycles. The number of aromatic amines is 1. The number of carbonyl (C=O) groups is 2. The molecule has 4 N–H and O–H groups in total. The van der Waals surface area contributed by atoms with E-state index < -0.39 is 29.7 Å². The fourth-order valence-corrected chi connectivity index (χ4v) is 4.51. The SMILES string of the molecule is Cc1ccc(NC(=O)c2cc(N3CCC(O)CC3)cc(C(F)(F)F)c2)cc1NC(=O)c1cnc2[nH]ccc2c1. The van der Waals surface area contributed by atoms with Gasteiger partial charge in [-0.05, 0) is 67.8 Å². The summed E-state index contributed by atoms with van der Waals surface area (Å²) in [6, 6.07) is 11.6. The molecule has 3 heterocycles. The van der Waals surface area contributed by atoms with Gasteiger partial charge < -0.3 is 25.6 Å². The largest absolute Gasteiger partial charge is 0.416 e. The fraction of sp³-hybridized carbons (Fsp3) is 0.250. The van der Waals surface area contributed by atoms with Crippen LogP contribution in [-0.2, 0) is 6.18 Å². The molecular weight excluding hydrogens is 511 g/mol. The van der Waals surface area contributed by atoms with Crippen LogP contribution in [0.5, 0.6) is 0 Å². The molecule has 0 unspecified atom stereocenters. The van der Waals surface area contributed by atoms with Crippen LogP contribution in [0.15, 0.2) is 60.9 Å². The van der Waals surface area contributed by atoms with Crippen molar-refractivity contribution in [2.24, 2.45) is 0 Å². The number of nitrogens with one attached hydrogen (secondary N) is 3. The molecule has 202 valence electrons. The number of H-pyrrole nitrogens is 1. The molecule has 39 heavy (non-hydrogen) atoms. The smallest absolute Gasteiger partial charge is 0.393 e. The van der Waals surface area contributed by atoms with Crippen LogP contribution in [0.3, 0.4) is 0 Å². The highest BCUT2D eigenvalue weighted by atomic mass is 19.4.